The third kappa shape index (κ3) is 1.95. The van der Waals surface area contributed by atoms with E-state index in [0.29, 0.717) is 0 Å². The number of aryl methyl sites for hydroxylation is 2. The average molecular weight is 224 g/mol. The van der Waals surface area contributed by atoms with Crippen LogP contribution < -0.4 is 5.32 Å². The highest BCUT2D eigenvalue weighted by Crippen LogP contribution is 2.39. The summed E-state index contributed by atoms with van der Waals surface area (Å²) in [7, 11) is 2.08. The molecule has 0 atom stereocenters. The number of thiazole rings is 1. The number of aromatic nitrogens is 1. The van der Waals surface area contributed by atoms with Crippen molar-refractivity contribution in [1.82, 2.24) is 10.3 Å². The first-order chi connectivity index (χ1) is 7.18. The largest absolute Gasteiger partial charge is 0.308 e. The Morgan fingerprint density at radius 3 is 2.33 bits per heavy atom. The standard InChI is InChI=1S/C12H20N2S/c1-9-10(2)15-11(14-9)12(13-3)7-5-4-6-8-12/h13H,4-8H2,1-3H3. The predicted molar refractivity (Wildman–Crippen MR) is 65.4 cm³/mol. The molecule has 1 aromatic heterocycles. The van der Waals surface area contributed by atoms with Crippen molar-refractivity contribution in [2.24, 2.45) is 0 Å². The van der Waals surface area contributed by atoms with Crippen LogP contribution in [0, 0.1) is 13.8 Å². The molecule has 0 bridgehead atoms. The maximum absolute atomic E-state index is 4.73. The van der Waals surface area contributed by atoms with Crippen LogP contribution in [0.4, 0.5) is 0 Å². The molecule has 0 aromatic carbocycles. The van der Waals surface area contributed by atoms with Gasteiger partial charge in [0.2, 0.25) is 0 Å². The fourth-order valence-corrected chi connectivity index (χ4v) is 3.57. The van der Waals surface area contributed by atoms with Crippen LogP contribution in [0.1, 0.15) is 47.7 Å². The van der Waals surface area contributed by atoms with Crippen LogP contribution in [0.25, 0.3) is 0 Å². The Morgan fingerprint density at radius 2 is 1.87 bits per heavy atom. The first-order valence-corrected chi connectivity index (χ1v) is 6.63. The maximum atomic E-state index is 4.73. The van der Waals surface area contributed by atoms with E-state index in [2.05, 4.69) is 26.2 Å². The van der Waals surface area contributed by atoms with Gasteiger partial charge in [0, 0.05) is 4.88 Å². The monoisotopic (exact) mass is 224 g/mol. The third-order valence-electron chi connectivity index (χ3n) is 3.62. The molecular formula is C12H20N2S. The molecule has 15 heavy (non-hydrogen) atoms. The number of hydrogen-bond donors (Lipinski definition) is 1. The van der Waals surface area contributed by atoms with Gasteiger partial charge in [-0.25, -0.2) is 4.98 Å². The summed E-state index contributed by atoms with van der Waals surface area (Å²) in [6, 6.07) is 0. The van der Waals surface area contributed by atoms with Crippen LogP contribution in [-0.2, 0) is 5.54 Å². The van der Waals surface area contributed by atoms with Gasteiger partial charge in [0.05, 0.1) is 11.2 Å². The first kappa shape index (κ1) is 11.1. The van der Waals surface area contributed by atoms with Crippen molar-refractivity contribution >= 4 is 11.3 Å². The third-order valence-corrected chi connectivity index (χ3v) is 4.90. The fourth-order valence-electron chi connectivity index (χ4n) is 2.40. The van der Waals surface area contributed by atoms with E-state index in [0.717, 1.165) is 0 Å². The molecule has 0 saturated heterocycles. The summed E-state index contributed by atoms with van der Waals surface area (Å²) < 4.78 is 0. The van der Waals surface area contributed by atoms with Gasteiger partial charge in [-0.15, -0.1) is 11.3 Å². The van der Waals surface area contributed by atoms with Crippen molar-refractivity contribution in [3.05, 3.63) is 15.6 Å². The zero-order valence-electron chi connectivity index (χ0n) is 9.89. The summed E-state index contributed by atoms with van der Waals surface area (Å²) in [4.78, 5) is 6.10. The van der Waals surface area contributed by atoms with E-state index in [1.54, 1.807) is 0 Å². The van der Waals surface area contributed by atoms with Gasteiger partial charge in [0.15, 0.2) is 0 Å². The molecule has 0 amide bonds. The molecule has 1 N–H and O–H groups in total. The van der Waals surface area contributed by atoms with E-state index in [1.807, 2.05) is 11.3 Å². The van der Waals surface area contributed by atoms with Crippen molar-refractivity contribution in [2.45, 2.75) is 51.5 Å². The van der Waals surface area contributed by atoms with Gasteiger partial charge in [0.1, 0.15) is 5.01 Å². The number of rotatable bonds is 2. The Labute approximate surface area is 96.1 Å². The second kappa shape index (κ2) is 4.22. The quantitative estimate of drug-likeness (QED) is 0.835. The summed E-state index contributed by atoms with van der Waals surface area (Å²) in [6.07, 6.45) is 6.54. The van der Waals surface area contributed by atoms with Crippen LogP contribution >= 0.6 is 11.3 Å². The minimum Gasteiger partial charge on any atom is -0.308 e. The van der Waals surface area contributed by atoms with Crippen LogP contribution in [0.2, 0.25) is 0 Å². The molecule has 1 aromatic rings. The summed E-state index contributed by atoms with van der Waals surface area (Å²) in [6.45, 7) is 4.28. The Kier molecular flexibility index (Phi) is 3.12. The maximum Gasteiger partial charge on any atom is 0.113 e. The SMILES string of the molecule is CNC1(c2nc(C)c(C)s2)CCCCC1. The van der Waals surface area contributed by atoms with E-state index in [9.17, 15) is 0 Å². The lowest BCUT2D eigenvalue weighted by molar-refractivity contribution is 0.249. The van der Waals surface area contributed by atoms with Gasteiger partial charge >= 0.3 is 0 Å². The van der Waals surface area contributed by atoms with Gasteiger partial charge < -0.3 is 5.32 Å². The van der Waals surface area contributed by atoms with Crippen LogP contribution in [0.3, 0.4) is 0 Å². The van der Waals surface area contributed by atoms with Gasteiger partial charge in [-0.1, -0.05) is 19.3 Å². The fraction of sp³-hybridized carbons (Fsp3) is 0.750. The number of nitrogens with zero attached hydrogens (tertiary/aromatic N) is 1. The average Bonchev–Trinajstić information content (AvgIpc) is 2.61. The van der Waals surface area contributed by atoms with Crippen molar-refractivity contribution in [2.75, 3.05) is 7.05 Å². The summed E-state index contributed by atoms with van der Waals surface area (Å²) in [5, 5.41) is 4.83. The van der Waals surface area contributed by atoms with Crippen molar-refractivity contribution < 1.29 is 0 Å². The highest BCUT2D eigenvalue weighted by atomic mass is 32.1. The Hall–Kier alpha value is -0.410. The van der Waals surface area contributed by atoms with Gasteiger partial charge in [-0.05, 0) is 33.7 Å². The Balaban J connectivity index is 2.32. The van der Waals surface area contributed by atoms with Crippen molar-refractivity contribution in [3.8, 4) is 0 Å². The molecule has 3 heteroatoms. The molecule has 0 unspecified atom stereocenters. The van der Waals surface area contributed by atoms with Crippen molar-refractivity contribution in [3.63, 3.8) is 0 Å². The van der Waals surface area contributed by atoms with E-state index in [1.165, 1.54) is 47.7 Å². The number of hydrogen-bond acceptors (Lipinski definition) is 3. The lowest BCUT2D eigenvalue weighted by Gasteiger charge is -2.35. The summed E-state index contributed by atoms with van der Waals surface area (Å²) >= 11 is 1.87. The lowest BCUT2D eigenvalue weighted by Crippen LogP contribution is -2.41. The molecule has 2 rings (SSSR count). The highest BCUT2D eigenvalue weighted by molar-refractivity contribution is 7.11. The van der Waals surface area contributed by atoms with E-state index in [4.69, 9.17) is 4.98 Å². The van der Waals surface area contributed by atoms with Crippen molar-refractivity contribution in [1.29, 1.82) is 0 Å². The van der Waals surface area contributed by atoms with E-state index < -0.39 is 0 Å². The molecule has 1 saturated carbocycles. The minimum atomic E-state index is 0.182. The zero-order chi connectivity index (χ0) is 10.9. The second-order valence-electron chi connectivity index (χ2n) is 4.55. The minimum absolute atomic E-state index is 0.182. The van der Waals surface area contributed by atoms with Crippen LogP contribution in [-0.4, -0.2) is 12.0 Å². The number of nitrogens with one attached hydrogen (secondary N) is 1. The molecule has 84 valence electrons. The second-order valence-corrected chi connectivity index (χ2v) is 5.76. The molecule has 1 fully saturated rings. The molecule has 2 nitrogen and oxygen atoms in total. The zero-order valence-corrected chi connectivity index (χ0v) is 10.7. The molecule has 1 aliphatic carbocycles. The van der Waals surface area contributed by atoms with Crippen LogP contribution in [0.5, 0.6) is 0 Å². The summed E-state index contributed by atoms with van der Waals surface area (Å²) in [5.74, 6) is 0. The molecule has 0 radical (unpaired) electrons. The van der Waals surface area contributed by atoms with Gasteiger partial charge in [-0.3, -0.25) is 0 Å². The predicted octanol–water partition coefficient (Wildman–Crippen LogP) is 3.14. The van der Waals surface area contributed by atoms with Gasteiger partial charge in [-0.2, -0.15) is 0 Å². The van der Waals surface area contributed by atoms with Crippen LogP contribution in [0.15, 0.2) is 0 Å². The first-order valence-electron chi connectivity index (χ1n) is 5.81. The molecule has 0 spiro atoms. The lowest BCUT2D eigenvalue weighted by atomic mass is 9.82. The molecular weight excluding hydrogens is 204 g/mol. The Bertz CT molecular complexity index is 318. The molecule has 1 heterocycles. The van der Waals surface area contributed by atoms with Gasteiger partial charge in [0.25, 0.3) is 0 Å². The normalized spacial score (nSPS) is 20.5. The smallest absolute Gasteiger partial charge is 0.113 e. The highest BCUT2D eigenvalue weighted by Gasteiger charge is 2.35. The topological polar surface area (TPSA) is 24.9 Å². The molecule has 1 aliphatic rings. The van der Waals surface area contributed by atoms with E-state index in [-0.39, 0.29) is 5.54 Å². The molecule has 0 aliphatic heterocycles. The van der Waals surface area contributed by atoms with E-state index >= 15 is 0 Å². The Morgan fingerprint density at radius 1 is 1.20 bits per heavy atom. The summed E-state index contributed by atoms with van der Waals surface area (Å²) in [5.41, 5.74) is 1.39.